The second-order valence-electron chi connectivity index (χ2n) is 3.69. The Bertz CT molecular complexity index is 411. The van der Waals surface area contributed by atoms with E-state index in [0.29, 0.717) is 23.2 Å². The number of rotatable bonds is 5. The molecule has 5 nitrogen and oxygen atoms in total. The van der Waals surface area contributed by atoms with Crippen molar-refractivity contribution in [2.45, 2.75) is 18.9 Å². The molecule has 16 heavy (non-hydrogen) atoms. The fourth-order valence-electron chi connectivity index (χ4n) is 1.29. The summed E-state index contributed by atoms with van der Waals surface area (Å²) in [5, 5.41) is 6.66. The number of aromatic nitrogens is 1. The summed E-state index contributed by atoms with van der Waals surface area (Å²) < 4.78 is 3.98. The molecule has 1 heterocycles. The molecule has 86 valence electrons. The smallest absolute Gasteiger partial charge is 0.258 e. The molecule has 6 heteroatoms. The van der Waals surface area contributed by atoms with Crippen LogP contribution in [0.4, 0.5) is 10.8 Å². The largest absolute Gasteiger partial charge is 0.382 e. The first-order chi connectivity index (χ1) is 7.72. The highest BCUT2D eigenvalue weighted by Gasteiger charge is 2.27. The third kappa shape index (κ3) is 2.33. The van der Waals surface area contributed by atoms with Crippen molar-refractivity contribution in [3.05, 3.63) is 18.2 Å². The van der Waals surface area contributed by atoms with Gasteiger partial charge in [0, 0.05) is 12.6 Å². The molecule has 0 spiro atoms. The van der Waals surface area contributed by atoms with Crippen LogP contribution in [0.2, 0.25) is 0 Å². The second-order valence-corrected chi connectivity index (χ2v) is 4.46. The summed E-state index contributed by atoms with van der Waals surface area (Å²) in [4.78, 5) is 11.9. The lowest BCUT2D eigenvalue weighted by atomic mass is 10.3. The Balaban J connectivity index is 2.12. The standard InChI is InChI=1S/C10H14N4OS/c1-2-5-12-10-7(8(11)14-16-10)9(15)13-6-3-4-6/h2,6,12H,1,3-5H2,(H2,11,14)(H,13,15). The van der Waals surface area contributed by atoms with Gasteiger partial charge in [-0.15, -0.1) is 6.58 Å². The van der Waals surface area contributed by atoms with Crippen LogP contribution in [0, 0.1) is 0 Å². The number of nitrogen functional groups attached to an aromatic ring is 1. The van der Waals surface area contributed by atoms with E-state index in [0.717, 1.165) is 12.8 Å². The highest BCUT2D eigenvalue weighted by atomic mass is 32.1. The minimum absolute atomic E-state index is 0.139. The minimum atomic E-state index is -0.139. The normalized spacial score (nSPS) is 14.5. The van der Waals surface area contributed by atoms with Gasteiger partial charge in [0.15, 0.2) is 5.82 Å². The quantitative estimate of drug-likeness (QED) is 0.674. The molecule has 4 N–H and O–H groups in total. The van der Waals surface area contributed by atoms with Gasteiger partial charge in [-0.25, -0.2) is 0 Å². The maximum Gasteiger partial charge on any atom is 0.258 e. The Morgan fingerprint density at radius 1 is 1.69 bits per heavy atom. The van der Waals surface area contributed by atoms with Crippen molar-refractivity contribution in [3.8, 4) is 0 Å². The second kappa shape index (κ2) is 4.52. The molecule has 0 saturated heterocycles. The Morgan fingerprint density at radius 3 is 3.06 bits per heavy atom. The first-order valence-corrected chi connectivity index (χ1v) is 5.90. The number of carbonyl (C=O) groups excluding carboxylic acids is 1. The molecule has 0 radical (unpaired) electrons. The van der Waals surface area contributed by atoms with E-state index in [-0.39, 0.29) is 11.7 Å². The van der Waals surface area contributed by atoms with Gasteiger partial charge in [-0.3, -0.25) is 4.79 Å². The van der Waals surface area contributed by atoms with Crippen LogP contribution in [-0.4, -0.2) is 22.9 Å². The van der Waals surface area contributed by atoms with Crippen LogP contribution >= 0.6 is 11.5 Å². The fourth-order valence-corrected chi connectivity index (χ4v) is 2.01. The van der Waals surface area contributed by atoms with Gasteiger partial charge in [-0.2, -0.15) is 4.37 Å². The predicted molar refractivity (Wildman–Crippen MR) is 65.7 cm³/mol. The molecule has 0 aliphatic heterocycles. The molecule has 2 rings (SSSR count). The van der Waals surface area contributed by atoms with Gasteiger partial charge in [-0.05, 0) is 24.4 Å². The summed E-state index contributed by atoms with van der Waals surface area (Å²) >= 11 is 1.20. The summed E-state index contributed by atoms with van der Waals surface area (Å²) in [6.45, 7) is 4.19. The molecular formula is C10H14N4OS. The van der Waals surface area contributed by atoms with Gasteiger partial charge in [0.25, 0.3) is 5.91 Å². The monoisotopic (exact) mass is 238 g/mol. The summed E-state index contributed by atoms with van der Waals surface area (Å²) in [7, 11) is 0. The summed E-state index contributed by atoms with van der Waals surface area (Å²) in [6, 6.07) is 0.319. The van der Waals surface area contributed by atoms with E-state index in [4.69, 9.17) is 5.73 Å². The zero-order valence-corrected chi connectivity index (χ0v) is 9.64. The van der Waals surface area contributed by atoms with E-state index < -0.39 is 0 Å². The van der Waals surface area contributed by atoms with Crippen molar-refractivity contribution >= 4 is 28.3 Å². The van der Waals surface area contributed by atoms with Gasteiger partial charge in [-0.1, -0.05) is 6.08 Å². The molecule has 1 aliphatic carbocycles. The molecule has 1 saturated carbocycles. The number of carbonyl (C=O) groups is 1. The van der Waals surface area contributed by atoms with Gasteiger partial charge in [0.05, 0.1) is 0 Å². The fraction of sp³-hybridized carbons (Fsp3) is 0.400. The van der Waals surface area contributed by atoms with E-state index in [1.54, 1.807) is 6.08 Å². The van der Waals surface area contributed by atoms with E-state index >= 15 is 0 Å². The Kier molecular flexibility index (Phi) is 3.09. The first-order valence-electron chi connectivity index (χ1n) is 5.13. The molecule has 0 atom stereocenters. The lowest BCUT2D eigenvalue weighted by Gasteiger charge is -2.05. The van der Waals surface area contributed by atoms with Crippen molar-refractivity contribution in [2.75, 3.05) is 17.6 Å². The third-order valence-corrected chi connectivity index (χ3v) is 3.08. The van der Waals surface area contributed by atoms with Crippen molar-refractivity contribution < 1.29 is 4.79 Å². The van der Waals surface area contributed by atoms with Crippen molar-refractivity contribution in [1.82, 2.24) is 9.69 Å². The van der Waals surface area contributed by atoms with E-state index in [1.807, 2.05) is 0 Å². The topological polar surface area (TPSA) is 80.0 Å². The van der Waals surface area contributed by atoms with Crippen LogP contribution in [0.25, 0.3) is 0 Å². The number of nitrogens with zero attached hydrogens (tertiary/aromatic N) is 1. The first kappa shape index (κ1) is 10.9. The molecule has 1 fully saturated rings. The number of anilines is 2. The lowest BCUT2D eigenvalue weighted by molar-refractivity contribution is 0.0953. The number of hydrogen-bond donors (Lipinski definition) is 3. The van der Waals surface area contributed by atoms with Gasteiger partial charge in [0.1, 0.15) is 10.6 Å². The average Bonchev–Trinajstić information content (AvgIpc) is 2.98. The average molecular weight is 238 g/mol. The van der Waals surface area contributed by atoms with Gasteiger partial charge >= 0.3 is 0 Å². The van der Waals surface area contributed by atoms with Crippen LogP contribution < -0.4 is 16.4 Å². The van der Waals surface area contributed by atoms with Crippen molar-refractivity contribution in [2.24, 2.45) is 0 Å². The third-order valence-electron chi connectivity index (χ3n) is 2.27. The summed E-state index contributed by atoms with van der Waals surface area (Å²) in [5.74, 6) is 0.148. The summed E-state index contributed by atoms with van der Waals surface area (Å²) in [6.07, 6.45) is 3.83. The molecule has 1 aromatic rings. The molecule has 1 amide bonds. The minimum Gasteiger partial charge on any atom is -0.382 e. The Morgan fingerprint density at radius 2 is 2.44 bits per heavy atom. The Labute approximate surface area is 97.9 Å². The SMILES string of the molecule is C=CCNc1snc(N)c1C(=O)NC1CC1. The van der Waals surface area contributed by atoms with Gasteiger partial charge in [0.2, 0.25) is 0 Å². The highest BCUT2D eigenvalue weighted by Crippen LogP contribution is 2.28. The number of nitrogens with two attached hydrogens (primary N) is 1. The zero-order chi connectivity index (χ0) is 11.5. The zero-order valence-electron chi connectivity index (χ0n) is 8.82. The van der Waals surface area contributed by atoms with Gasteiger partial charge < -0.3 is 16.4 Å². The van der Waals surface area contributed by atoms with Crippen LogP contribution in [0.1, 0.15) is 23.2 Å². The molecule has 0 unspecified atom stereocenters. The lowest BCUT2D eigenvalue weighted by Crippen LogP contribution is -2.26. The molecule has 0 bridgehead atoms. The van der Waals surface area contributed by atoms with Crippen LogP contribution in [0.3, 0.4) is 0 Å². The Hall–Kier alpha value is -1.56. The van der Waals surface area contributed by atoms with Crippen LogP contribution in [0.5, 0.6) is 0 Å². The molecule has 0 aromatic carbocycles. The molecule has 1 aromatic heterocycles. The van der Waals surface area contributed by atoms with E-state index in [9.17, 15) is 4.79 Å². The maximum absolute atomic E-state index is 11.9. The van der Waals surface area contributed by atoms with E-state index in [2.05, 4.69) is 21.6 Å². The molecular weight excluding hydrogens is 224 g/mol. The van der Waals surface area contributed by atoms with Crippen molar-refractivity contribution in [1.29, 1.82) is 0 Å². The van der Waals surface area contributed by atoms with Crippen LogP contribution in [-0.2, 0) is 0 Å². The van der Waals surface area contributed by atoms with Crippen LogP contribution in [0.15, 0.2) is 12.7 Å². The number of hydrogen-bond acceptors (Lipinski definition) is 5. The molecule has 1 aliphatic rings. The van der Waals surface area contributed by atoms with E-state index in [1.165, 1.54) is 11.5 Å². The highest BCUT2D eigenvalue weighted by molar-refractivity contribution is 7.11. The maximum atomic E-state index is 11.9. The number of amides is 1. The van der Waals surface area contributed by atoms with Crippen molar-refractivity contribution in [3.63, 3.8) is 0 Å². The summed E-state index contributed by atoms with van der Waals surface area (Å²) in [5.41, 5.74) is 6.14. The number of nitrogens with one attached hydrogen (secondary N) is 2. The predicted octanol–water partition coefficient (Wildman–Crippen LogP) is 1.22.